The van der Waals surface area contributed by atoms with Gasteiger partial charge in [-0.05, 0) is 24.6 Å². The summed E-state index contributed by atoms with van der Waals surface area (Å²) in [6.07, 6.45) is -6.55. The highest BCUT2D eigenvalue weighted by Crippen LogP contribution is 2.42. The minimum atomic E-state index is -5.08. The second-order valence-corrected chi connectivity index (χ2v) is 6.50. The number of carbonyl (C=O) groups is 2. The number of hydrogen-bond donors (Lipinski definition) is 3. The highest BCUT2D eigenvalue weighted by molar-refractivity contribution is 7.09. The largest absolute Gasteiger partial charge is 0.481 e. The van der Waals surface area contributed by atoms with Crippen LogP contribution in [0.2, 0.25) is 0 Å². The molecule has 0 aliphatic heterocycles. The van der Waals surface area contributed by atoms with Crippen molar-refractivity contribution in [3.05, 3.63) is 45.9 Å². The van der Waals surface area contributed by atoms with Crippen LogP contribution < -0.4 is 5.32 Å². The first-order valence-electron chi connectivity index (χ1n) is 7.33. The van der Waals surface area contributed by atoms with Crippen LogP contribution in [0.3, 0.4) is 0 Å². The molecule has 6 nitrogen and oxygen atoms in total. The summed E-state index contributed by atoms with van der Waals surface area (Å²) in [7, 11) is 0. The van der Waals surface area contributed by atoms with Gasteiger partial charge in [-0.2, -0.15) is 13.2 Å². The van der Waals surface area contributed by atoms with Crippen molar-refractivity contribution in [2.75, 3.05) is 5.32 Å². The van der Waals surface area contributed by atoms with Crippen LogP contribution in [0.4, 0.5) is 18.9 Å². The van der Waals surface area contributed by atoms with Crippen LogP contribution in [0.5, 0.6) is 0 Å². The zero-order chi connectivity index (χ0) is 19.5. The van der Waals surface area contributed by atoms with E-state index in [4.69, 9.17) is 5.11 Å². The van der Waals surface area contributed by atoms with Crippen molar-refractivity contribution in [2.24, 2.45) is 0 Å². The van der Waals surface area contributed by atoms with Crippen molar-refractivity contribution < 1.29 is 33.0 Å². The maximum Gasteiger partial charge on any atom is 0.424 e. The Bertz CT molecular complexity index is 805. The molecule has 1 unspecified atom stereocenters. The van der Waals surface area contributed by atoms with Gasteiger partial charge in [-0.3, -0.25) is 9.59 Å². The molecule has 0 saturated carbocycles. The molecule has 0 bridgehead atoms. The number of aromatic nitrogens is 1. The van der Waals surface area contributed by atoms with Gasteiger partial charge < -0.3 is 15.5 Å². The van der Waals surface area contributed by atoms with E-state index in [1.807, 2.05) is 0 Å². The third-order valence-electron chi connectivity index (χ3n) is 3.45. The standard InChI is InChI=1S/C16H15F3N2O4S/c1-9-8-26-14(20-9)15(25,16(17,18)19)7-12(22)21-11-4-2-10(3-5-11)6-13(23)24/h2-5,8,25H,6-7H2,1H3,(H,21,22)(H,23,24). The first-order valence-corrected chi connectivity index (χ1v) is 8.21. The van der Waals surface area contributed by atoms with Gasteiger partial charge >= 0.3 is 12.1 Å². The van der Waals surface area contributed by atoms with Crippen molar-refractivity contribution in [2.45, 2.75) is 31.5 Å². The summed E-state index contributed by atoms with van der Waals surface area (Å²) < 4.78 is 40.1. The average Bonchev–Trinajstić information content (AvgIpc) is 2.94. The summed E-state index contributed by atoms with van der Waals surface area (Å²) in [6, 6.07) is 5.61. The second-order valence-electron chi connectivity index (χ2n) is 5.64. The number of halogens is 3. The predicted molar refractivity (Wildman–Crippen MR) is 87.8 cm³/mol. The summed E-state index contributed by atoms with van der Waals surface area (Å²) in [5, 5.41) is 21.8. The van der Waals surface area contributed by atoms with E-state index in [1.165, 1.54) is 36.6 Å². The molecule has 1 aromatic heterocycles. The number of benzene rings is 1. The van der Waals surface area contributed by atoms with Gasteiger partial charge in [0.05, 0.1) is 12.8 Å². The Labute approximate surface area is 150 Å². The van der Waals surface area contributed by atoms with Crippen molar-refractivity contribution in [1.82, 2.24) is 4.98 Å². The number of aryl methyl sites for hydroxylation is 1. The molecule has 1 atom stereocenters. The topological polar surface area (TPSA) is 99.5 Å². The highest BCUT2D eigenvalue weighted by Gasteiger charge is 2.58. The molecule has 2 aromatic rings. The van der Waals surface area contributed by atoms with Crippen LogP contribution in [0.1, 0.15) is 22.7 Å². The third kappa shape index (κ3) is 4.58. The third-order valence-corrected chi connectivity index (χ3v) is 4.56. The second kappa shape index (κ2) is 7.42. The van der Waals surface area contributed by atoms with Gasteiger partial charge in [0.15, 0.2) is 0 Å². The first-order chi connectivity index (χ1) is 12.0. The fourth-order valence-electron chi connectivity index (χ4n) is 2.16. The molecule has 0 spiro atoms. The summed E-state index contributed by atoms with van der Waals surface area (Å²) in [6.45, 7) is 1.48. The predicted octanol–water partition coefficient (Wildman–Crippen LogP) is 2.86. The molecule has 1 aromatic carbocycles. The smallest absolute Gasteiger partial charge is 0.424 e. The Kier molecular flexibility index (Phi) is 5.67. The van der Waals surface area contributed by atoms with Gasteiger partial charge in [-0.1, -0.05) is 12.1 Å². The van der Waals surface area contributed by atoms with Crippen molar-refractivity contribution >= 4 is 28.9 Å². The lowest BCUT2D eigenvalue weighted by atomic mass is 9.99. The highest BCUT2D eigenvalue weighted by atomic mass is 32.1. The van der Waals surface area contributed by atoms with Crippen molar-refractivity contribution in [3.63, 3.8) is 0 Å². The molecule has 0 aliphatic carbocycles. The Morgan fingerprint density at radius 3 is 2.31 bits per heavy atom. The number of aliphatic hydroxyl groups is 1. The maximum absolute atomic E-state index is 13.4. The van der Waals surface area contributed by atoms with E-state index in [-0.39, 0.29) is 12.1 Å². The normalized spacial score (nSPS) is 13.9. The number of amides is 1. The van der Waals surface area contributed by atoms with Crippen LogP contribution in [-0.2, 0) is 21.6 Å². The Morgan fingerprint density at radius 1 is 1.23 bits per heavy atom. The van der Waals surface area contributed by atoms with Gasteiger partial charge in [0.25, 0.3) is 0 Å². The molecule has 0 fully saturated rings. The number of anilines is 1. The van der Waals surface area contributed by atoms with E-state index in [2.05, 4.69) is 10.3 Å². The number of carboxylic acid groups (broad SMARTS) is 1. The lowest BCUT2D eigenvalue weighted by molar-refractivity contribution is -0.266. The SMILES string of the molecule is Cc1csc(C(O)(CC(=O)Nc2ccc(CC(=O)O)cc2)C(F)(F)F)n1. The van der Waals surface area contributed by atoms with Gasteiger partial charge in [-0.25, -0.2) is 4.98 Å². The van der Waals surface area contributed by atoms with Gasteiger partial charge in [0.1, 0.15) is 5.01 Å². The molecule has 10 heteroatoms. The number of carboxylic acids is 1. The molecule has 2 rings (SSSR count). The van der Waals surface area contributed by atoms with Crippen molar-refractivity contribution in [1.29, 1.82) is 0 Å². The molecular weight excluding hydrogens is 373 g/mol. The van der Waals surface area contributed by atoms with Crippen LogP contribution in [0, 0.1) is 6.92 Å². The summed E-state index contributed by atoms with van der Waals surface area (Å²) in [4.78, 5) is 26.3. The maximum atomic E-state index is 13.4. The number of thiazole rings is 1. The molecular formula is C16H15F3N2O4S. The zero-order valence-electron chi connectivity index (χ0n) is 13.5. The zero-order valence-corrected chi connectivity index (χ0v) is 14.3. The average molecular weight is 388 g/mol. The van der Waals surface area contributed by atoms with Crippen LogP contribution >= 0.6 is 11.3 Å². The Morgan fingerprint density at radius 2 is 1.85 bits per heavy atom. The quantitative estimate of drug-likeness (QED) is 0.707. The van der Waals surface area contributed by atoms with Crippen LogP contribution in [0.25, 0.3) is 0 Å². The van der Waals surface area contributed by atoms with E-state index in [0.29, 0.717) is 22.6 Å². The summed E-state index contributed by atoms with van der Waals surface area (Å²) in [5.74, 6) is -2.08. The minimum Gasteiger partial charge on any atom is -0.481 e. The van der Waals surface area contributed by atoms with E-state index in [9.17, 15) is 27.9 Å². The molecule has 0 aliphatic rings. The number of nitrogens with zero attached hydrogens (tertiary/aromatic N) is 1. The lowest BCUT2D eigenvalue weighted by Crippen LogP contribution is -2.45. The molecule has 0 radical (unpaired) electrons. The molecule has 1 heterocycles. The fraction of sp³-hybridized carbons (Fsp3) is 0.312. The molecule has 26 heavy (non-hydrogen) atoms. The fourth-order valence-corrected chi connectivity index (χ4v) is 3.07. The van der Waals surface area contributed by atoms with Crippen molar-refractivity contribution in [3.8, 4) is 0 Å². The number of hydrogen-bond acceptors (Lipinski definition) is 5. The Hall–Kier alpha value is -2.46. The van der Waals surface area contributed by atoms with E-state index < -0.39 is 35.1 Å². The van der Waals surface area contributed by atoms with Gasteiger partial charge in [0.2, 0.25) is 11.5 Å². The van der Waals surface area contributed by atoms with Crippen LogP contribution in [0.15, 0.2) is 29.6 Å². The first kappa shape index (κ1) is 19.9. The summed E-state index contributed by atoms with van der Waals surface area (Å²) in [5.41, 5.74) is -2.43. The lowest BCUT2D eigenvalue weighted by Gasteiger charge is -2.27. The number of alkyl halides is 3. The number of rotatable bonds is 6. The molecule has 3 N–H and O–H groups in total. The number of aliphatic carboxylic acids is 1. The van der Waals surface area contributed by atoms with E-state index in [1.54, 1.807) is 0 Å². The number of carbonyl (C=O) groups excluding carboxylic acids is 1. The Balaban J connectivity index is 2.14. The van der Waals surface area contributed by atoms with Gasteiger partial charge in [0, 0.05) is 16.8 Å². The van der Waals surface area contributed by atoms with E-state index in [0.717, 1.165) is 0 Å². The summed E-state index contributed by atoms with van der Waals surface area (Å²) >= 11 is 0.623. The van der Waals surface area contributed by atoms with Crippen LogP contribution in [-0.4, -0.2) is 33.2 Å². The van der Waals surface area contributed by atoms with Gasteiger partial charge in [-0.15, -0.1) is 11.3 Å². The van der Waals surface area contributed by atoms with E-state index >= 15 is 0 Å². The number of nitrogens with one attached hydrogen (secondary N) is 1. The molecule has 140 valence electrons. The molecule has 0 saturated heterocycles. The monoisotopic (exact) mass is 388 g/mol. The molecule has 1 amide bonds. The minimum absolute atomic E-state index is 0.184.